The third kappa shape index (κ3) is 3.03. The van der Waals surface area contributed by atoms with Crippen molar-refractivity contribution in [3.63, 3.8) is 0 Å². The number of nitrogens with one attached hydrogen (secondary N) is 2. The van der Waals surface area contributed by atoms with Crippen molar-refractivity contribution in [1.29, 1.82) is 0 Å². The van der Waals surface area contributed by atoms with Crippen LogP contribution in [0.1, 0.15) is 19.8 Å². The number of halogens is 1. The zero-order chi connectivity index (χ0) is 9.26. The Morgan fingerprint density at radius 2 is 2.21 bits per heavy atom. The molecule has 2 amide bonds. The SMILES string of the molecule is C[C@H]1CN(C(=O)NC2CC2)CCN1.Cl. The van der Waals surface area contributed by atoms with Crippen molar-refractivity contribution in [3.05, 3.63) is 0 Å². The summed E-state index contributed by atoms with van der Waals surface area (Å²) in [6.07, 6.45) is 2.32. The zero-order valence-electron chi connectivity index (χ0n) is 8.45. The molecule has 0 bridgehead atoms. The highest BCUT2D eigenvalue weighted by atomic mass is 35.5. The molecule has 2 N–H and O–H groups in total. The first kappa shape index (κ1) is 11.6. The van der Waals surface area contributed by atoms with Crippen molar-refractivity contribution in [1.82, 2.24) is 15.5 Å². The highest BCUT2D eigenvalue weighted by Gasteiger charge is 2.27. The van der Waals surface area contributed by atoms with Gasteiger partial charge in [0.05, 0.1) is 0 Å². The van der Waals surface area contributed by atoms with Gasteiger partial charge in [0.15, 0.2) is 0 Å². The average Bonchev–Trinajstić information content (AvgIpc) is 2.88. The van der Waals surface area contributed by atoms with E-state index in [4.69, 9.17) is 0 Å². The molecule has 0 radical (unpaired) electrons. The summed E-state index contributed by atoms with van der Waals surface area (Å²) >= 11 is 0. The number of hydrogen-bond donors (Lipinski definition) is 2. The fourth-order valence-corrected chi connectivity index (χ4v) is 1.61. The second-order valence-electron chi connectivity index (χ2n) is 4.02. The molecule has 0 aromatic rings. The van der Waals surface area contributed by atoms with Crippen molar-refractivity contribution in [2.45, 2.75) is 31.8 Å². The van der Waals surface area contributed by atoms with Gasteiger partial charge in [-0.3, -0.25) is 0 Å². The third-order valence-electron chi connectivity index (χ3n) is 2.56. The minimum Gasteiger partial charge on any atom is -0.335 e. The molecule has 1 heterocycles. The molecular formula is C9H18ClN3O. The molecule has 2 fully saturated rings. The lowest BCUT2D eigenvalue weighted by atomic mass is 10.2. The van der Waals surface area contributed by atoms with Gasteiger partial charge in [0.2, 0.25) is 0 Å². The lowest BCUT2D eigenvalue weighted by molar-refractivity contribution is 0.179. The van der Waals surface area contributed by atoms with Gasteiger partial charge in [0.25, 0.3) is 0 Å². The van der Waals surface area contributed by atoms with Gasteiger partial charge >= 0.3 is 6.03 Å². The van der Waals surface area contributed by atoms with Crippen LogP contribution in [0, 0.1) is 0 Å². The van der Waals surface area contributed by atoms with Crippen molar-refractivity contribution in [2.24, 2.45) is 0 Å². The Labute approximate surface area is 90.8 Å². The van der Waals surface area contributed by atoms with E-state index in [1.807, 2.05) is 4.90 Å². The summed E-state index contributed by atoms with van der Waals surface area (Å²) in [7, 11) is 0. The van der Waals surface area contributed by atoms with Crippen LogP contribution in [0.4, 0.5) is 4.79 Å². The second-order valence-corrected chi connectivity index (χ2v) is 4.02. The van der Waals surface area contributed by atoms with Crippen molar-refractivity contribution in [3.8, 4) is 0 Å². The van der Waals surface area contributed by atoms with Crippen LogP contribution in [0.3, 0.4) is 0 Å². The monoisotopic (exact) mass is 219 g/mol. The number of carbonyl (C=O) groups is 1. The Morgan fingerprint density at radius 1 is 1.50 bits per heavy atom. The van der Waals surface area contributed by atoms with E-state index in [1.54, 1.807) is 0 Å². The van der Waals surface area contributed by atoms with Crippen LogP contribution in [-0.2, 0) is 0 Å². The summed E-state index contributed by atoms with van der Waals surface area (Å²) in [6.45, 7) is 4.69. The average molecular weight is 220 g/mol. The first-order valence-electron chi connectivity index (χ1n) is 5.04. The van der Waals surface area contributed by atoms with Gasteiger partial charge in [0.1, 0.15) is 0 Å². The Bertz CT molecular complexity index is 208. The number of urea groups is 1. The van der Waals surface area contributed by atoms with Crippen LogP contribution in [0.5, 0.6) is 0 Å². The molecule has 4 nitrogen and oxygen atoms in total. The molecule has 0 spiro atoms. The van der Waals surface area contributed by atoms with E-state index in [0.29, 0.717) is 12.1 Å². The highest BCUT2D eigenvalue weighted by Crippen LogP contribution is 2.19. The quantitative estimate of drug-likeness (QED) is 0.678. The summed E-state index contributed by atoms with van der Waals surface area (Å²) in [5.74, 6) is 0. The number of piperazine rings is 1. The largest absolute Gasteiger partial charge is 0.335 e. The van der Waals surface area contributed by atoms with Gasteiger partial charge in [-0.05, 0) is 19.8 Å². The maximum atomic E-state index is 11.6. The summed E-state index contributed by atoms with van der Waals surface area (Å²) in [4.78, 5) is 13.5. The number of rotatable bonds is 1. The van der Waals surface area contributed by atoms with Gasteiger partial charge < -0.3 is 15.5 Å². The summed E-state index contributed by atoms with van der Waals surface area (Å²) in [5, 5.41) is 6.32. The minimum atomic E-state index is 0. The number of hydrogen-bond acceptors (Lipinski definition) is 2. The van der Waals surface area contributed by atoms with Crippen LogP contribution in [0.2, 0.25) is 0 Å². The standard InChI is InChI=1S/C9H17N3O.ClH/c1-7-6-12(5-4-10-7)9(13)11-8-2-3-8;/h7-8,10H,2-6H2,1H3,(H,11,13);1H/t7-;/m0./s1. The maximum absolute atomic E-state index is 11.6. The van der Waals surface area contributed by atoms with E-state index in [0.717, 1.165) is 32.5 Å². The van der Waals surface area contributed by atoms with Crippen molar-refractivity contribution >= 4 is 18.4 Å². The predicted molar refractivity (Wildman–Crippen MR) is 57.8 cm³/mol. The van der Waals surface area contributed by atoms with Gasteiger partial charge in [0, 0.05) is 31.7 Å². The zero-order valence-corrected chi connectivity index (χ0v) is 9.27. The molecule has 1 aliphatic carbocycles. The van der Waals surface area contributed by atoms with E-state index < -0.39 is 0 Å². The van der Waals surface area contributed by atoms with E-state index in [9.17, 15) is 4.79 Å². The molecule has 5 heteroatoms. The van der Waals surface area contributed by atoms with E-state index in [1.165, 1.54) is 0 Å². The topological polar surface area (TPSA) is 44.4 Å². The second kappa shape index (κ2) is 4.84. The van der Waals surface area contributed by atoms with Crippen LogP contribution >= 0.6 is 12.4 Å². The number of nitrogens with zero attached hydrogens (tertiary/aromatic N) is 1. The van der Waals surface area contributed by atoms with Crippen LogP contribution in [-0.4, -0.2) is 42.6 Å². The van der Waals surface area contributed by atoms with Gasteiger partial charge in [-0.2, -0.15) is 0 Å². The number of carbonyl (C=O) groups excluding carboxylic acids is 1. The molecule has 0 aromatic heterocycles. The molecule has 14 heavy (non-hydrogen) atoms. The predicted octanol–water partition coefficient (Wildman–Crippen LogP) is 0.574. The fourth-order valence-electron chi connectivity index (χ4n) is 1.61. The van der Waals surface area contributed by atoms with Gasteiger partial charge in [-0.1, -0.05) is 0 Å². The van der Waals surface area contributed by atoms with Gasteiger partial charge in [-0.15, -0.1) is 12.4 Å². The Hall–Kier alpha value is -0.480. The smallest absolute Gasteiger partial charge is 0.317 e. The highest BCUT2D eigenvalue weighted by molar-refractivity contribution is 5.85. The molecule has 82 valence electrons. The Balaban J connectivity index is 0.000000980. The Morgan fingerprint density at radius 3 is 2.79 bits per heavy atom. The molecule has 2 rings (SSSR count). The molecule has 0 aromatic carbocycles. The molecule has 0 unspecified atom stereocenters. The minimum absolute atomic E-state index is 0. The van der Waals surface area contributed by atoms with Crippen LogP contribution in [0.25, 0.3) is 0 Å². The lowest BCUT2D eigenvalue weighted by Crippen LogP contribution is -2.54. The van der Waals surface area contributed by atoms with E-state index in [-0.39, 0.29) is 18.4 Å². The molecule has 1 atom stereocenters. The van der Waals surface area contributed by atoms with Gasteiger partial charge in [-0.25, -0.2) is 4.79 Å². The fraction of sp³-hybridized carbons (Fsp3) is 0.889. The molecule has 1 saturated heterocycles. The molecule has 2 aliphatic rings. The normalized spacial score (nSPS) is 26.6. The lowest BCUT2D eigenvalue weighted by Gasteiger charge is -2.31. The first-order chi connectivity index (χ1) is 6.25. The van der Waals surface area contributed by atoms with E-state index in [2.05, 4.69) is 17.6 Å². The van der Waals surface area contributed by atoms with Crippen LogP contribution < -0.4 is 10.6 Å². The third-order valence-corrected chi connectivity index (χ3v) is 2.56. The maximum Gasteiger partial charge on any atom is 0.317 e. The number of amides is 2. The summed E-state index contributed by atoms with van der Waals surface area (Å²) in [5.41, 5.74) is 0. The summed E-state index contributed by atoms with van der Waals surface area (Å²) < 4.78 is 0. The van der Waals surface area contributed by atoms with Crippen molar-refractivity contribution in [2.75, 3.05) is 19.6 Å². The first-order valence-corrected chi connectivity index (χ1v) is 5.04. The van der Waals surface area contributed by atoms with Crippen molar-refractivity contribution < 1.29 is 4.79 Å². The summed E-state index contributed by atoms with van der Waals surface area (Å²) in [6, 6.07) is 1.02. The van der Waals surface area contributed by atoms with Crippen LogP contribution in [0.15, 0.2) is 0 Å². The van der Waals surface area contributed by atoms with E-state index >= 15 is 0 Å². The molecule has 1 aliphatic heterocycles. The molecule has 1 saturated carbocycles. The Kier molecular flexibility index (Phi) is 4.01. The molecular weight excluding hydrogens is 202 g/mol.